The van der Waals surface area contributed by atoms with Gasteiger partial charge in [-0.2, -0.15) is 0 Å². The second-order valence-corrected chi connectivity index (χ2v) is 4.21. The van der Waals surface area contributed by atoms with Crippen LogP contribution < -0.4 is 5.73 Å². The van der Waals surface area contributed by atoms with Crippen molar-refractivity contribution in [1.82, 2.24) is 4.90 Å². The van der Waals surface area contributed by atoms with Crippen LogP contribution in [0.25, 0.3) is 0 Å². The zero-order valence-corrected chi connectivity index (χ0v) is 10.5. The molecule has 0 spiro atoms. The molecule has 3 nitrogen and oxygen atoms in total. The standard InChI is InChI=1S/C12H14F2N2O.ClH/c13-11(14)7-16(10-4-5-10)12(17)8-2-1-3-9(15)6-8;/h1-3,6,10-11H,4-5,7,15H2;1H. The molecule has 2 N–H and O–H groups in total. The van der Waals surface area contributed by atoms with Gasteiger partial charge in [-0.3, -0.25) is 4.79 Å². The number of nitrogen functional groups attached to an aromatic ring is 1. The monoisotopic (exact) mass is 276 g/mol. The summed E-state index contributed by atoms with van der Waals surface area (Å²) in [4.78, 5) is 13.3. The lowest BCUT2D eigenvalue weighted by Gasteiger charge is -2.22. The molecule has 2 rings (SSSR count). The topological polar surface area (TPSA) is 46.3 Å². The number of rotatable bonds is 4. The zero-order chi connectivity index (χ0) is 12.4. The molecule has 0 aliphatic heterocycles. The van der Waals surface area contributed by atoms with E-state index in [9.17, 15) is 13.6 Å². The maximum absolute atomic E-state index is 12.4. The van der Waals surface area contributed by atoms with Crippen molar-refractivity contribution in [3.05, 3.63) is 29.8 Å². The van der Waals surface area contributed by atoms with E-state index in [0.717, 1.165) is 12.8 Å². The van der Waals surface area contributed by atoms with Crippen LogP contribution in [0.15, 0.2) is 24.3 Å². The van der Waals surface area contributed by atoms with Gasteiger partial charge >= 0.3 is 0 Å². The summed E-state index contributed by atoms with van der Waals surface area (Å²) in [7, 11) is 0. The number of carbonyl (C=O) groups excluding carboxylic acids is 1. The average Bonchev–Trinajstić information content (AvgIpc) is 3.08. The molecule has 1 amide bonds. The molecule has 1 aromatic rings. The molecule has 1 saturated carbocycles. The fourth-order valence-electron chi connectivity index (χ4n) is 1.77. The molecule has 0 bridgehead atoms. The summed E-state index contributed by atoms with van der Waals surface area (Å²) >= 11 is 0. The van der Waals surface area contributed by atoms with E-state index in [1.165, 1.54) is 11.0 Å². The minimum absolute atomic E-state index is 0. The number of halogens is 3. The molecule has 0 aromatic heterocycles. The number of hydrogen-bond donors (Lipinski definition) is 1. The first-order valence-corrected chi connectivity index (χ1v) is 5.52. The molecule has 0 heterocycles. The van der Waals surface area contributed by atoms with Crippen molar-refractivity contribution in [3.63, 3.8) is 0 Å². The summed E-state index contributed by atoms with van der Waals surface area (Å²) in [6.07, 6.45) is -0.887. The van der Waals surface area contributed by atoms with Gasteiger partial charge in [-0.1, -0.05) is 6.07 Å². The normalized spacial score (nSPS) is 14.2. The number of benzene rings is 1. The number of carbonyl (C=O) groups is 1. The van der Waals surface area contributed by atoms with Crippen LogP contribution >= 0.6 is 12.4 Å². The van der Waals surface area contributed by atoms with E-state index in [-0.39, 0.29) is 24.4 Å². The Morgan fingerprint density at radius 3 is 2.61 bits per heavy atom. The molecule has 6 heteroatoms. The van der Waals surface area contributed by atoms with Crippen LogP contribution in [0.5, 0.6) is 0 Å². The average molecular weight is 277 g/mol. The second-order valence-electron chi connectivity index (χ2n) is 4.21. The van der Waals surface area contributed by atoms with Gasteiger partial charge in [0.15, 0.2) is 0 Å². The summed E-state index contributed by atoms with van der Waals surface area (Å²) in [6, 6.07) is 6.39. The summed E-state index contributed by atoms with van der Waals surface area (Å²) in [5.74, 6) is -0.361. The van der Waals surface area contributed by atoms with Crippen LogP contribution in [-0.4, -0.2) is 29.8 Å². The highest BCUT2D eigenvalue weighted by molar-refractivity contribution is 5.95. The molecule has 0 unspecified atom stereocenters. The van der Waals surface area contributed by atoms with Gasteiger partial charge in [0.25, 0.3) is 12.3 Å². The van der Waals surface area contributed by atoms with Crippen LogP contribution in [0.2, 0.25) is 0 Å². The van der Waals surface area contributed by atoms with Crippen molar-refractivity contribution in [2.75, 3.05) is 12.3 Å². The lowest BCUT2D eigenvalue weighted by atomic mass is 10.1. The Hall–Kier alpha value is -1.36. The lowest BCUT2D eigenvalue weighted by molar-refractivity contribution is 0.0534. The summed E-state index contributed by atoms with van der Waals surface area (Å²) in [5.41, 5.74) is 6.41. The second kappa shape index (κ2) is 6.00. The Morgan fingerprint density at radius 2 is 2.11 bits per heavy atom. The fraction of sp³-hybridized carbons (Fsp3) is 0.417. The van der Waals surface area contributed by atoms with Crippen LogP contribution in [0.4, 0.5) is 14.5 Å². The van der Waals surface area contributed by atoms with Gasteiger partial charge < -0.3 is 10.6 Å². The number of alkyl halides is 2. The molecule has 1 aliphatic rings. The van der Waals surface area contributed by atoms with Crippen molar-refractivity contribution in [3.8, 4) is 0 Å². The number of amides is 1. The van der Waals surface area contributed by atoms with E-state index < -0.39 is 13.0 Å². The summed E-state index contributed by atoms with van der Waals surface area (Å²) in [5, 5.41) is 0. The molecule has 0 radical (unpaired) electrons. The number of anilines is 1. The Morgan fingerprint density at radius 1 is 1.44 bits per heavy atom. The highest BCUT2D eigenvalue weighted by Crippen LogP contribution is 2.29. The molecular weight excluding hydrogens is 262 g/mol. The molecule has 1 aliphatic carbocycles. The summed E-state index contributed by atoms with van der Waals surface area (Å²) in [6.45, 7) is -0.502. The van der Waals surface area contributed by atoms with E-state index in [1.54, 1.807) is 18.2 Å². The van der Waals surface area contributed by atoms with Crippen LogP contribution in [-0.2, 0) is 0 Å². The predicted octanol–water partition coefficient (Wildman–Crippen LogP) is 2.56. The lowest BCUT2D eigenvalue weighted by Crippen LogP contribution is -2.36. The smallest absolute Gasteiger partial charge is 0.255 e. The van der Waals surface area contributed by atoms with Gasteiger partial charge in [0.1, 0.15) is 0 Å². The van der Waals surface area contributed by atoms with Crippen molar-refractivity contribution < 1.29 is 13.6 Å². The zero-order valence-electron chi connectivity index (χ0n) is 9.68. The predicted molar refractivity (Wildman–Crippen MR) is 68.2 cm³/mol. The molecule has 1 aromatic carbocycles. The summed E-state index contributed by atoms with van der Waals surface area (Å²) < 4.78 is 24.8. The van der Waals surface area contributed by atoms with Crippen molar-refractivity contribution in [1.29, 1.82) is 0 Å². The maximum atomic E-state index is 12.4. The van der Waals surface area contributed by atoms with Gasteiger partial charge in [0, 0.05) is 17.3 Å². The van der Waals surface area contributed by atoms with Crippen LogP contribution in [0.3, 0.4) is 0 Å². The van der Waals surface area contributed by atoms with E-state index in [4.69, 9.17) is 5.73 Å². The first-order chi connectivity index (χ1) is 8.08. The third-order valence-electron chi connectivity index (χ3n) is 2.72. The van der Waals surface area contributed by atoms with Crippen LogP contribution in [0, 0.1) is 0 Å². The Bertz CT molecular complexity index is 424. The number of nitrogens with zero attached hydrogens (tertiary/aromatic N) is 1. The van der Waals surface area contributed by atoms with Crippen molar-refractivity contribution >= 4 is 24.0 Å². The molecular formula is C12H15ClF2N2O. The van der Waals surface area contributed by atoms with Gasteiger partial charge in [0.05, 0.1) is 6.54 Å². The third-order valence-corrected chi connectivity index (χ3v) is 2.72. The Balaban J connectivity index is 0.00000162. The quantitative estimate of drug-likeness (QED) is 0.859. The molecule has 18 heavy (non-hydrogen) atoms. The molecule has 0 atom stereocenters. The molecule has 0 saturated heterocycles. The maximum Gasteiger partial charge on any atom is 0.255 e. The minimum Gasteiger partial charge on any atom is -0.399 e. The van der Waals surface area contributed by atoms with Gasteiger partial charge in [-0.25, -0.2) is 8.78 Å². The molecule has 1 fully saturated rings. The third kappa shape index (κ3) is 3.57. The highest BCUT2D eigenvalue weighted by atomic mass is 35.5. The van der Waals surface area contributed by atoms with E-state index in [2.05, 4.69) is 0 Å². The van der Waals surface area contributed by atoms with E-state index >= 15 is 0 Å². The largest absolute Gasteiger partial charge is 0.399 e. The minimum atomic E-state index is -2.50. The van der Waals surface area contributed by atoms with Crippen LogP contribution in [0.1, 0.15) is 23.2 Å². The number of nitrogens with two attached hydrogens (primary N) is 1. The Kier molecular flexibility index (Phi) is 4.90. The van der Waals surface area contributed by atoms with E-state index in [1.807, 2.05) is 0 Å². The van der Waals surface area contributed by atoms with Crippen molar-refractivity contribution in [2.45, 2.75) is 25.3 Å². The van der Waals surface area contributed by atoms with E-state index in [0.29, 0.717) is 11.3 Å². The van der Waals surface area contributed by atoms with Gasteiger partial charge in [0.2, 0.25) is 0 Å². The highest BCUT2D eigenvalue weighted by Gasteiger charge is 2.34. The SMILES string of the molecule is Cl.Nc1cccc(C(=O)N(CC(F)F)C2CC2)c1. The molecule has 100 valence electrons. The fourth-order valence-corrected chi connectivity index (χ4v) is 1.77. The van der Waals surface area contributed by atoms with Gasteiger partial charge in [-0.15, -0.1) is 12.4 Å². The first kappa shape index (κ1) is 14.7. The Labute approximate surface area is 110 Å². The number of hydrogen-bond acceptors (Lipinski definition) is 2. The first-order valence-electron chi connectivity index (χ1n) is 5.52. The van der Waals surface area contributed by atoms with Gasteiger partial charge in [-0.05, 0) is 31.0 Å². The van der Waals surface area contributed by atoms with Crippen molar-refractivity contribution in [2.24, 2.45) is 0 Å².